The van der Waals surface area contributed by atoms with Crippen LogP contribution < -0.4 is 0 Å². The van der Waals surface area contributed by atoms with Crippen LogP contribution in [0.2, 0.25) is 0 Å². The number of aromatic nitrogens is 2. The number of likely N-dealkylation sites (tertiary alicyclic amines) is 2. The van der Waals surface area contributed by atoms with Crippen LogP contribution in [0.25, 0.3) is 0 Å². The van der Waals surface area contributed by atoms with Crippen molar-refractivity contribution < 1.29 is 0 Å². The normalized spacial score (nSPS) is 24.8. The van der Waals surface area contributed by atoms with Crippen LogP contribution in [0.15, 0.2) is 42.7 Å². The van der Waals surface area contributed by atoms with E-state index in [-0.39, 0.29) is 0 Å². The first-order valence-corrected chi connectivity index (χ1v) is 9.52. The average molecular weight is 336 g/mol. The van der Waals surface area contributed by atoms with Crippen LogP contribution in [-0.2, 0) is 13.1 Å². The molecule has 1 atom stereocenters. The predicted molar refractivity (Wildman–Crippen MR) is 100 cm³/mol. The third-order valence-electron chi connectivity index (χ3n) is 5.83. The van der Waals surface area contributed by atoms with Crippen LogP contribution in [0, 0.1) is 6.92 Å². The summed E-state index contributed by atoms with van der Waals surface area (Å²) in [5.41, 5.74) is 3.99. The maximum atomic E-state index is 4.75. The van der Waals surface area contributed by atoms with Crippen molar-refractivity contribution in [1.29, 1.82) is 0 Å². The highest BCUT2D eigenvalue weighted by Crippen LogP contribution is 2.37. The van der Waals surface area contributed by atoms with Gasteiger partial charge in [-0.25, -0.2) is 0 Å². The largest absolute Gasteiger partial charge is 0.297 e. The summed E-state index contributed by atoms with van der Waals surface area (Å²) in [6, 6.07) is 10.6. The molecule has 0 amide bonds. The van der Waals surface area contributed by atoms with Crippen molar-refractivity contribution in [1.82, 2.24) is 19.8 Å². The van der Waals surface area contributed by atoms with Gasteiger partial charge in [0.1, 0.15) is 0 Å². The molecule has 2 aromatic heterocycles. The number of rotatable bonds is 4. The van der Waals surface area contributed by atoms with Crippen molar-refractivity contribution in [3.63, 3.8) is 0 Å². The first kappa shape index (κ1) is 16.7. The minimum atomic E-state index is 0.339. The molecule has 2 fully saturated rings. The van der Waals surface area contributed by atoms with Gasteiger partial charge in [0.15, 0.2) is 0 Å². The smallest absolute Gasteiger partial charge is 0.0547 e. The highest BCUT2D eigenvalue weighted by atomic mass is 15.3. The Labute approximate surface area is 150 Å². The Morgan fingerprint density at radius 3 is 2.84 bits per heavy atom. The van der Waals surface area contributed by atoms with E-state index in [1.54, 1.807) is 0 Å². The topological polar surface area (TPSA) is 32.3 Å². The zero-order valence-corrected chi connectivity index (χ0v) is 15.2. The number of hydrogen-bond donors (Lipinski definition) is 0. The van der Waals surface area contributed by atoms with Crippen molar-refractivity contribution in [2.45, 2.75) is 51.2 Å². The van der Waals surface area contributed by atoms with Crippen LogP contribution in [0.5, 0.6) is 0 Å². The van der Waals surface area contributed by atoms with Crippen molar-refractivity contribution >= 4 is 0 Å². The van der Waals surface area contributed by atoms with E-state index in [1.807, 2.05) is 18.5 Å². The molecule has 2 aliphatic rings. The molecule has 2 aliphatic heterocycles. The Balaban J connectivity index is 1.47. The third-order valence-corrected chi connectivity index (χ3v) is 5.83. The summed E-state index contributed by atoms with van der Waals surface area (Å²) in [5.74, 6) is 0. The van der Waals surface area contributed by atoms with Gasteiger partial charge in [-0.15, -0.1) is 0 Å². The molecule has 4 heteroatoms. The van der Waals surface area contributed by atoms with E-state index in [2.05, 4.69) is 46.0 Å². The predicted octanol–water partition coefficient (Wildman–Crippen LogP) is 3.42. The van der Waals surface area contributed by atoms with Crippen LogP contribution >= 0.6 is 0 Å². The molecule has 4 nitrogen and oxygen atoms in total. The molecule has 25 heavy (non-hydrogen) atoms. The van der Waals surface area contributed by atoms with Crippen molar-refractivity contribution in [3.05, 3.63) is 59.7 Å². The molecule has 2 aromatic rings. The lowest BCUT2D eigenvalue weighted by Gasteiger charge is -2.45. The molecule has 132 valence electrons. The van der Waals surface area contributed by atoms with Gasteiger partial charge in [-0.1, -0.05) is 18.6 Å². The van der Waals surface area contributed by atoms with Gasteiger partial charge in [0.05, 0.1) is 5.69 Å². The highest BCUT2D eigenvalue weighted by Gasteiger charge is 2.44. The monoisotopic (exact) mass is 336 g/mol. The number of hydrogen-bond acceptors (Lipinski definition) is 4. The standard InChI is InChI=1S/C21H28N4/c1-18-6-4-8-20(23-18)16-25-12-3-2-9-21(25)10-13-24(17-21)15-19-7-5-11-22-14-19/h4-8,11,14H,2-3,9-10,12-13,15-17H2,1H3/t21-/m1/s1. The SMILES string of the molecule is Cc1cccc(CN2CCCC[C@]23CCN(Cc2cccnc2)C3)n1. The molecule has 4 rings (SSSR count). The molecule has 2 saturated heterocycles. The number of piperidine rings is 1. The Kier molecular flexibility index (Phi) is 4.82. The Morgan fingerprint density at radius 2 is 2.00 bits per heavy atom. The Hall–Kier alpha value is -1.78. The second-order valence-electron chi connectivity index (χ2n) is 7.70. The second kappa shape index (κ2) is 7.22. The van der Waals surface area contributed by atoms with E-state index < -0.39 is 0 Å². The lowest BCUT2D eigenvalue weighted by atomic mass is 9.85. The van der Waals surface area contributed by atoms with Gasteiger partial charge in [-0.05, 0) is 56.5 Å². The van der Waals surface area contributed by atoms with Crippen molar-refractivity contribution in [2.75, 3.05) is 19.6 Å². The van der Waals surface area contributed by atoms with E-state index in [9.17, 15) is 0 Å². The molecular weight excluding hydrogens is 308 g/mol. The molecule has 0 unspecified atom stereocenters. The lowest BCUT2D eigenvalue weighted by molar-refractivity contribution is 0.0434. The minimum absolute atomic E-state index is 0.339. The molecule has 0 aliphatic carbocycles. The van der Waals surface area contributed by atoms with Gasteiger partial charge in [-0.2, -0.15) is 0 Å². The minimum Gasteiger partial charge on any atom is -0.297 e. The van der Waals surface area contributed by atoms with E-state index in [0.29, 0.717) is 5.54 Å². The zero-order valence-electron chi connectivity index (χ0n) is 15.2. The second-order valence-corrected chi connectivity index (χ2v) is 7.70. The summed E-state index contributed by atoms with van der Waals surface area (Å²) >= 11 is 0. The Morgan fingerprint density at radius 1 is 1.04 bits per heavy atom. The molecular formula is C21H28N4. The van der Waals surface area contributed by atoms with Crippen molar-refractivity contribution in [3.8, 4) is 0 Å². The van der Waals surface area contributed by atoms with E-state index in [0.717, 1.165) is 18.8 Å². The van der Waals surface area contributed by atoms with Crippen LogP contribution in [0.4, 0.5) is 0 Å². The highest BCUT2D eigenvalue weighted by molar-refractivity contribution is 5.13. The van der Waals surface area contributed by atoms with E-state index in [4.69, 9.17) is 4.98 Å². The fraction of sp³-hybridized carbons (Fsp3) is 0.524. The maximum Gasteiger partial charge on any atom is 0.0547 e. The van der Waals surface area contributed by atoms with Crippen LogP contribution in [0.1, 0.15) is 42.6 Å². The summed E-state index contributed by atoms with van der Waals surface area (Å²) in [4.78, 5) is 14.3. The fourth-order valence-electron chi connectivity index (χ4n) is 4.57. The van der Waals surface area contributed by atoms with Gasteiger partial charge in [0.2, 0.25) is 0 Å². The molecule has 0 N–H and O–H groups in total. The zero-order chi connectivity index (χ0) is 17.1. The van der Waals surface area contributed by atoms with E-state index >= 15 is 0 Å². The van der Waals surface area contributed by atoms with Gasteiger partial charge >= 0.3 is 0 Å². The molecule has 0 aromatic carbocycles. The summed E-state index contributed by atoms with van der Waals surface area (Å²) in [6.45, 7) is 7.66. The summed E-state index contributed by atoms with van der Waals surface area (Å²) in [7, 11) is 0. The number of aryl methyl sites for hydroxylation is 1. The van der Waals surface area contributed by atoms with Gasteiger partial charge in [0.25, 0.3) is 0 Å². The molecule has 4 heterocycles. The van der Waals surface area contributed by atoms with E-state index in [1.165, 1.54) is 56.6 Å². The lowest BCUT2D eigenvalue weighted by Crippen LogP contribution is -2.53. The number of nitrogens with zero attached hydrogens (tertiary/aromatic N) is 4. The van der Waals surface area contributed by atoms with Crippen molar-refractivity contribution in [2.24, 2.45) is 0 Å². The molecule has 1 spiro atoms. The van der Waals surface area contributed by atoms with Gasteiger partial charge in [-0.3, -0.25) is 19.8 Å². The summed E-state index contributed by atoms with van der Waals surface area (Å²) in [5, 5.41) is 0. The van der Waals surface area contributed by atoms with Gasteiger partial charge < -0.3 is 0 Å². The third kappa shape index (κ3) is 3.75. The van der Waals surface area contributed by atoms with Crippen LogP contribution in [-0.4, -0.2) is 44.9 Å². The molecule has 0 radical (unpaired) electrons. The first-order valence-electron chi connectivity index (χ1n) is 9.52. The fourth-order valence-corrected chi connectivity index (χ4v) is 4.57. The molecule has 0 saturated carbocycles. The van der Waals surface area contributed by atoms with Crippen LogP contribution in [0.3, 0.4) is 0 Å². The first-order chi connectivity index (χ1) is 12.2. The summed E-state index contributed by atoms with van der Waals surface area (Å²) in [6.07, 6.45) is 9.13. The Bertz CT molecular complexity index is 702. The number of pyridine rings is 2. The average Bonchev–Trinajstić information content (AvgIpc) is 3.01. The summed E-state index contributed by atoms with van der Waals surface area (Å²) < 4.78 is 0. The quantitative estimate of drug-likeness (QED) is 0.856. The maximum absolute atomic E-state index is 4.75. The molecule has 0 bridgehead atoms. The van der Waals surface area contributed by atoms with Gasteiger partial charge in [0, 0.05) is 49.8 Å².